The Kier molecular flexibility index (Phi) is 2.11. The number of hydrogen-bond acceptors (Lipinski definition) is 2. The van der Waals surface area contributed by atoms with Crippen LogP contribution in [0.3, 0.4) is 0 Å². The monoisotopic (exact) mass is 223 g/mol. The van der Waals surface area contributed by atoms with Crippen molar-refractivity contribution >= 4 is 16.6 Å². The Balaban J connectivity index is 2.25. The summed E-state index contributed by atoms with van der Waals surface area (Å²) in [6.07, 6.45) is 0. The third-order valence-electron chi connectivity index (χ3n) is 3.01. The highest BCUT2D eigenvalue weighted by molar-refractivity contribution is 5.89. The third-order valence-corrected chi connectivity index (χ3v) is 3.01. The highest BCUT2D eigenvalue weighted by Crippen LogP contribution is 2.29. The molecule has 1 heterocycles. The van der Waals surface area contributed by atoms with E-state index in [0.717, 1.165) is 16.8 Å². The molecule has 0 atom stereocenters. The van der Waals surface area contributed by atoms with E-state index in [1.54, 1.807) is 0 Å². The lowest BCUT2D eigenvalue weighted by atomic mass is 10.0. The van der Waals surface area contributed by atoms with Crippen molar-refractivity contribution < 1.29 is 0 Å². The molecule has 0 aliphatic carbocycles. The normalized spacial score (nSPS) is 10.9. The number of benzene rings is 2. The maximum Gasteiger partial charge on any atom is 0.153 e. The van der Waals surface area contributed by atoms with E-state index in [2.05, 4.69) is 40.5 Å². The number of anilines is 1. The number of rotatable bonds is 1. The Labute approximate surface area is 99.3 Å². The van der Waals surface area contributed by atoms with Crippen LogP contribution < -0.4 is 5.73 Å². The number of nitrogens with zero attached hydrogens (tertiary/aromatic N) is 1. The molecular weight excluding hydrogens is 210 g/mol. The third kappa shape index (κ3) is 1.56. The molecule has 0 saturated heterocycles. The van der Waals surface area contributed by atoms with E-state index in [1.807, 2.05) is 19.1 Å². The van der Waals surface area contributed by atoms with Crippen LogP contribution in [0.15, 0.2) is 42.5 Å². The molecule has 3 heteroatoms. The Hall–Kier alpha value is -2.29. The van der Waals surface area contributed by atoms with Crippen LogP contribution in [-0.4, -0.2) is 10.2 Å². The zero-order valence-corrected chi connectivity index (χ0v) is 9.57. The number of nitrogens with two attached hydrogens (primary N) is 1. The zero-order chi connectivity index (χ0) is 11.8. The van der Waals surface area contributed by atoms with Crippen molar-refractivity contribution in [1.82, 2.24) is 10.2 Å². The van der Waals surface area contributed by atoms with Crippen LogP contribution in [0.1, 0.15) is 5.69 Å². The van der Waals surface area contributed by atoms with E-state index in [1.165, 1.54) is 10.8 Å². The molecule has 3 N–H and O–H groups in total. The predicted octanol–water partition coefficient (Wildman–Crippen LogP) is 3.12. The summed E-state index contributed by atoms with van der Waals surface area (Å²) in [5.74, 6) is 0.554. The second kappa shape index (κ2) is 3.63. The van der Waals surface area contributed by atoms with Gasteiger partial charge in [0.15, 0.2) is 5.82 Å². The van der Waals surface area contributed by atoms with Crippen LogP contribution in [-0.2, 0) is 0 Å². The van der Waals surface area contributed by atoms with E-state index < -0.39 is 0 Å². The average molecular weight is 223 g/mol. The topological polar surface area (TPSA) is 54.7 Å². The first-order valence-corrected chi connectivity index (χ1v) is 5.55. The average Bonchev–Trinajstić information content (AvgIpc) is 2.68. The molecule has 0 aliphatic rings. The van der Waals surface area contributed by atoms with Crippen molar-refractivity contribution in [1.29, 1.82) is 0 Å². The fraction of sp³-hybridized carbons (Fsp3) is 0.0714. The second-order valence-electron chi connectivity index (χ2n) is 4.17. The van der Waals surface area contributed by atoms with Crippen molar-refractivity contribution in [2.75, 3.05) is 5.73 Å². The highest BCUT2D eigenvalue weighted by Gasteiger charge is 2.09. The summed E-state index contributed by atoms with van der Waals surface area (Å²) < 4.78 is 0. The fourth-order valence-corrected chi connectivity index (χ4v) is 2.16. The fourth-order valence-electron chi connectivity index (χ4n) is 2.16. The molecule has 3 rings (SSSR count). The molecule has 0 fully saturated rings. The van der Waals surface area contributed by atoms with Crippen LogP contribution in [0.25, 0.3) is 21.9 Å². The molecule has 84 valence electrons. The molecular formula is C14H13N3. The van der Waals surface area contributed by atoms with Gasteiger partial charge in [0, 0.05) is 11.3 Å². The maximum atomic E-state index is 5.88. The Morgan fingerprint density at radius 3 is 2.53 bits per heavy atom. The summed E-state index contributed by atoms with van der Waals surface area (Å²) >= 11 is 0. The molecule has 3 nitrogen and oxygen atoms in total. The van der Waals surface area contributed by atoms with Gasteiger partial charge in [-0.15, -0.1) is 0 Å². The molecule has 3 aromatic rings. The van der Waals surface area contributed by atoms with Crippen LogP contribution in [0, 0.1) is 6.92 Å². The minimum Gasteiger partial charge on any atom is -0.382 e. The summed E-state index contributed by atoms with van der Waals surface area (Å²) in [4.78, 5) is 0. The number of hydrogen-bond donors (Lipinski definition) is 2. The van der Waals surface area contributed by atoms with Gasteiger partial charge in [0.2, 0.25) is 0 Å². The van der Waals surface area contributed by atoms with Crippen molar-refractivity contribution in [3.63, 3.8) is 0 Å². The number of nitrogens with one attached hydrogen (secondary N) is 1. The summed E-state index contributed by atoms with van der Waals surface area (Å²) in [6, 6.07) is 14.6. The summed E-state index contributed by atoms with van der Waals surface area (Å²) in [5, 5.41) is 9.38. The van der Waals surface area contributed by atoms with E-state index >= 15 is 0 Å². The molecule has 1 aromatic heterocycles. The van der Waals surface area contributed by atoms with Gasteiger partial charge in [-0.05, 0) is 29.3 Å². The summed E-state index contributed by atoms with van der Waals surface area (Å²) in [7, 11) is 0. The zero-order valence-electron chi connectivity index (χ0n) is 9.57. The molecule has 2 aromatic carbocycles. The highest BCUT2D eigenvalue weighted by atomic mass is 15.2. The second-order valence-corrected chi connectivity index (χ2v) is 4.17. The van der Waals surface area contributed by atoms with E-state index in [9.17, 15) is 0 Å². The summed E-state index contributed by atoms with van der Waals surface area (Å²) in [6.45, 7) is 1.98. The predicted molar refractivity (Wildman–Crippen MR) is 70.7 cm³/mol. The molecule has 0 bridgehead atoms. The summed E-state index contributed by atoms with van der Waals surface area (Å²) in [5.41, 5.74) is 8.97. The minimum atomic E-state index is 0.554. The number of aromatic amines is 1. The number of aromatic nitrogens is 2. The molecule has 17 heavy (non-hydrogen) atoms. The molecule has 0 saturated carbocycles. The molecule has 0 aliphatic heterocycles. The van der Waals surface area contributed by atoms with Crippen LogP contribution in [0.2, 0.25) is 0 Å². The first-order valence-electron chi connectivity index (χ1n) is 5.55. The van der Waals surface area contributed by atoms with E-state index in [0.29, 0.717) is 5.82 Å². The van der Waals surface area contributed by atoms with E-state index in [-0.39, 0.29) is 0 Å². The Bertz CT molecular complexity index is 663. The number of fused-ring (bicyclic) bond motifs is 1. The molecule has 0 amide bonds. The lowest BCUT2D eigenvalue weighted by molar-refractivity contribution is 1.05. The van der Waals surface area contributed by atoms with Crippen LogP contribution in [0.5, 0.6) is 0 Å². The SMILES string of the molecule is Cc1[nH]nc(N)c1-c1ccc2ccccc2c1. The molecule has 0 radical (unpaired) electrons. The minimum absolute atomic E-state index is 0.554. The van der Waals surface area contributed by atoms with Crippen molar-refractivity contribution in [2.45, 2.75) is 6.92 Å². The van der Waals surface area contributed by atoms with Gasteiger partial charge in [-0.3, -0.25) is 5.10 Å². The standard InChI is InChI=1S/C14H13N3/c1-9-13(14(15)17-16-9)12-7-6-10-4-2-3-5-11(10)8-12/h2-8H,1H3,(H3,15,16,17). The number of aryl methyl sites for hydroxylation is 1. The van der Waals surface area contributed by atoms with Gasteiger partial charge in [-0.2, -0.15) is 5.10 Å². The Morgan fingerprint density at radius 1 is 1.06 bits per heavy atom. The first kappa shape index (κ1) is 9.90. The smallest absolute Gasteiger partial charge is 0.153 e. The number of H-pyrrole nitrogens is 1. The number of nitrogen functional groups attached to an aromatic ring is 1. The van der Waals surface area contributed by atoms with Gasteiger partial charge in [-0.25, -0.2) is 0 Å². The van der Waals surface area contributed by atoms with Gasteiger partial charge >= 0.3 is 0 Å². The van der Waals surface area contributed by atoms with Gasteiger partial charge in [0.1, 0.15) is 0 Å². The quantitative estimate of drug-likeness (QED) is 0.666. The van der Waals surface area contributed by atoms with Gasteiger partial charge in [-0.1, -0.05) is 36.4 Å². The largest absolute Gasteiger partial charge is 0.382 e. The first-order chi connectivity index (χ1) is 8.25. The lowest BCUT2D eigenvalue weighted by Crippen LogP contribution is -1.88. The van der Waals surface area contributed by atoms with Crippen molar-refractivity contribution in [3.05, 3.63) is 48.2 Å². The Morgan fingerprint density at radius 2 is 1.82 bits per heavy atom. The molecule has 0 spiro atoms. The lowest BCUT2D eigenvalue weighted by Gasteiger charge is -2.03. The van der Waals surface area contributed by atoms with Crippen molar-refractivity contribution in [2.24, 2.45) is 0 Å². The van der Waals surface area contributed by atoms with Crippen LogP contribution in [0.4, 0.5) is 5.82 Å². The van der Waals surface area contributed by atoms with E-state index in [4.69, 9.17) is 5.73 Å². The van der Waals surface area contributed by atoms with Gasteiger partial charge in [0.25, 0.3) is 0 Å². The maximum absolute atomic E-state index is 5.88. The van der Waals surface area contributed by atoms with Gasteiger partial charge < -0.3 is 5.73 Å². The molecule has 0 unspecified atom stereocenters. The van der Waals surface area contributed by atoms with Crippen molar-refractivity contribution in [3.8, 4) is 11.1 Å². The van der Waals surface area contributed by atoms with Gasteiger partial charge in [0.05, 0.1) is 0 Å². The van der Waals surface area contributed by atoms with Crippen LogP contribution >= 0.6 is 0 Å².